The van der Waals surface area contributed by atoms with Gasteiger partial charge >= 0.3 is 0 Å². The second-order valence-corrected chi connectivity index (χ2v) is 4.82. The van der Waals surface area contributed by atoms with Crippen LogP contribution in [0.1, 0.15) is 43.5 Å². The van der Waals surface area contributed by atoms with Crippen LogP contribution in [0.4, 0.5) is 0 Å². The van der Waals surface area contributed by atoms with Crippen LogP contribution in [0.5, 0.6) is 0 Å². The van der Waals surface area contributed by atoms with Crippen LogP contribution in [-0.4, -0.2) is 11.6 Å². The van der Waals surface area contributed by atoms with Crippen molar-refractivity contribution in [2.24, 2.45) is 5.10 Å². The number of rotatable bonds is 5. The molecule has 92 valence electrons. The van der Waals surface area contributed by atoms with Crippen molar-refractivity contribution >= 4 is 27.5 Å². The third-order valence-corrected chi connectivity index (χ3v) is 2.82. The first-order valence-electron chi connectivity index (χ1n) is 5.72. The molecule has 0 aliphatic heterocycles. The second-order valence-electron chi connectivity index (χ2n) is 3.90. The van der Waals surface area contributed by atoms with Crippen molar-refractivity contribution in [1.29, 1.82) is 0 Å². The second kappa shape index (κ2) is 7.22. The number of nitrogens with one attached hydrogen (secondary N) is 1. The monoisotopic (exact) mass is 296 g/mol. The van der Waals surface area contributed by atoms with E-state index in [0.29, 0.717) is 5.56 Å². The van der Waals surface area contributed by atoms with Crippen molar-refractivity contribution < 1.29 is 4.79 Å². The number of nitrogens with zero attached hydrogens (tertiary/aromatic N) is 1. The molecular formula is C13H17BrN2O. The summed E-state index contributed by atoms with van der Waals surface area (Å²) in [7, 11) is 0. The highest BCUT2D eigenvalue weighted by Crippen LogP contribution is 2.11. The summed E-state index contributed by atoms with van der Waals surface area (Å²) in [6, 6.07) is 7.24. The predicted molar refractivity (Wildman–Crippen MR) is 74.2 cm³/mol. The van der Waals surface area contributed by atoms with Gasteiger partial charge in [0.05, 0.1) is 0 Å². The average Bonchev–Trinajstić information content (AvgIpc) is 2.33. The molecule has 1 amide bonds. The molecule has 17 heavy (non-hydrogen) atoms. The third kappa shape index (κ3) is 5.13. The largest absolute Gasteiger partial charge is 0.271 e. The van der Waals surface area contributed by atoms with Gasteiger partial charge < -0.3 is 0 Å². The lowest BCUT2D eigenvalue weighted by Gasteiger charge is -2.02. The Morgan fingerprint density at radius 3 is 2.88 bits per heavy atom. The molecule has 0 radical (unpaired) electrons. The summed E-state index contributed by atoms with van der Waals surface area (Å²) in [5.74, 6) is -0.179. The molecule has 1 rings (SSSR count). The molecule has 1 aromatic rings. The SMILES string of the molecule is CCCCC(C)=NNC(=O)c1cccc(Br)c1. The quantitative estimate of drug-likeness (QED) is 0.652. The third-order valence-electron chi connectivity index (χ3n) is 2.33. The minimum Gasteiger partial charge on any atom is -0.267 e. The molecule has 0 saturated heterocycles. The van der Waals surface area contributed by atoms with E-state index in [-0.39, 0.29) is 5.91 Å². The van der Waals surface area contributed by atoms with Gasteiger partial charge in [-0.3, -0.25) is 4.79 Å². The first-order valence-corrected chi connectivity index (χ1v) is 6.52. The van der Waals surface area contributed by atoms with Crippen molar-refractivity contribution in [2.75, 3.05) is 0 Å². The van der Waals surface area contributed by atoms with Gasteiger partial charge in [-0.15, -0.1) is 0 Å². The molecular weight excluding hydrogens is 280 g/mol. The number of carbonyl (C=O) groups is 1. The Labute approximate surface area is 110 Å². The smallest absolute Gasteiger partial charge is 0.267 e. The Morgan fingerprint density at radius 2 is 2.24 bits per heavy atom. The molecule has 0 atom stereocenters. The van der Waals surface area contributed by atoms with Gasteiger partial charge in [0.15, 0.2) is 0 Å². The van der Waals surface area contributed by atoms with E-state index < -0.39 is 0 Å². The number of carbonyl (C=O) groups excluding carboxylic acids is 1. The highest BCUT2D eigenvalue weighted by molar-refractivity contribution is 9.10. The summed E-state index contributed by atoms with van der Waals surface area (Å²) in [4.78, 5) is 11.7. The first-order chi connectivity index (χ1) is 8.13. The van der Waals surface area contributed by atoms with Crippen LogP contribution in [0.15, 0.2) is 33.8 Å². The maximum absolute atomic E-state index is 11.7. The highest BCUT2D eigenvalue weighted by Gasteiger charge is 2.04. The standard InChI is InChI=1S/C13H17BrN2O/c1-3-4-6-10(2)15-16-13(17)11-7-5-8-12(14)9-11/h5,7-9H,3-4,6H2,1-2H3,(H,16,17). The number of halogens is 1. The molecule has 3 nitrogen and oxygen atoms in total. The van der Waals surface area contributed by atoms with Gasteiger partial charge in [-0.25, -0.2) is 5.43 Å². The summed E-state index contributed by atoms with van der Waals surface area (Å²) in [5.41, 5.74) is 4.12. The van der Waals surface area contributed by atoms with E-state index in [1.54, 1.807) is 12.1 Å². The number of benzene rings is 1. The minimum absolute atomic E-state index is 0.179. The van der Waals surface area contributed by atoms with Gasteiger partial charge in [0, 0.05) is 15.7 Å². The van der Waals surface area contributed by atoms with Crippen LogP contribution < -0.4 is 5.43 Å². The summed E-state index contributed by atoms with van der Waals surface area (Å²) in [6.07, 6.45) is 3.16. The lowest BCUT2D eigenvalue weighted by molar-refractivity contribution is 0.0954. The Kier molecular flexibility index (Phi) is 5.91. The Balaban J connectivity index is 2.55. The minimum atomic E-state index is -0.179. The van der Waals surface area contributed by atoms with Gasteiger partial charge in [0.1, 0.15) is 0 Å². The molecule has 0 aliphatic rings. The van der Waals surface area contributed by atoms with Crippen LogP contribution in [-0.2, 0) is 0 Å². The van der Waals surface area contributed by atoms with E-state index in [9.17, 15) is 4.79 Å². The lowest BCUT2D eigenvalue weighted by atomic mass is 10.2. The van der Waals surface area contributed by atoms with Crippen molar-refractivity contribution in [1.82, 2.24) is 5.43 Å². The number of unbranched alkanes of at least 4 members (excludes halogenated alkanes) is 1. The van der Waals surface area contributed by atoms with Gasteiger partial charge in [-0.1, -0.05) is 35.3 Å². The normalized spacial score (nSPS) is 11.4. The van der Waals surface area contributed by atoms with E-state index >= 15 is 0 Å². The molecule has 0 unspecified atom stereocenters. The van der Waals surface area contributed by atoms with Gasteiger partial charge in [0.25, 0.3) is 5.91 Å². The average molecular weight is 297 g/mol. The summed E-state index contributed by atoms with van der Waals surface area (Å²) in [5, 5.41) is 4.07. The maximum Gasteiger partial charge on any atom is 0.271 e. The number of amides is 1. The molecule has 0 heterocycles. The van der Waals surface area contributed by atoms with Crippen LogP contribution in [0.25, 0.3) is 0 Å². The number of hydrogen-bond donors (Lipinski definition) is 1. The first kappa shape index (κ1) is 13.9. The lowest BCUT2D eigenvalue weighted by Crippen LogP contribution is -2.18. The van der Waals surface area contributed by atoms with Crippen LogP contribution in [0.2, 0.25) is 0 Å². The molecule has 1 aromatic carbocycles. The van der Waals surface area contributed by atoms with E-state index in [4.69, 9.17) is 0 Å². The van der Waals surface area contributed by atoms with Crippen LogP contribution in [0, 0.1) is 0 Å². The molecule has 0 aliphatic carbocycles. The zero-order valence-electron chi connectivity index (χ0n) is 10.2. The molecule has 0 aromatic heterocycles. The zero-order valence-corrected chi connectivity index (χ0v) is 11.8. The Hall–Kier alpha value is -1.16. The topological polar surface area (TPSA) is 41.5 Å². The molecule has 0 bridgehead atoms. The molecule has 0 spiro atoms. The van der Waals surface area contributed by atoms with E-state index in [1.165, 1.54) is 0 Å². The van der Waals surface area contributed by atoms with Crippen molar-refractivity contribution in [3.63, 3.8) is 0 Å². The fourth-order valence-electron chi connectivity index (χ4n) is 1.33. The number of hydrogen-bond acceptors (Lipinski definition) is 2. The summed E-state index contributed by atoms with van der Waals surface area (Å²) in [6.45, 7) is 4.06. The molecule has 0 fully saturated rings. The van der Waals surface area contributed by atoms with Gasteiger partial charge in [0.2, 0.25) is 0 Å². The predicted octanol–water partition coefficient (Wildman–Crippen LogP) is 3.75. The van der Waals surface area contributed by atoms with Crippen molar-refractivity contribution in [3.05, 3.63) is 34.3 Å². The van der Waals surface area contributed by atoms with Crippen molar-refractivity contribution in [3.8, 4) is 0 Å². The van der Waals surface area contributed by atoms with Gasteiger partial charge in [-0.2, -0.15) is 5.10 Å². The van der Waals surface area contributed by atoms with E-state index in [2.05, 4.69) is 33.4 Å². The fourth-order valence-corrected chi connectivity index (χ4v) is 1.73. The fraction of sp³-hybridized carbons (Fsp3) is 0.385. The van der Waals surface area contributed by atoms with Gasteiger partial charge in [-0.05, 0) is 38.0 Å². The Morgan fingerprint density at radius 1 is 1.47 bits per heavy atom. The zero-order chi connectivity index (χ0) is 12.7. The van der Waals surface area contributed by atoms with E-state index in [1.807, 2.05) is 19.1 Å². The van der Waals surface area contributed by atoms with E-state index in [0.717, 1.165) is 29.4 Å². The van der Waals surface area contributed by atoms with Crippen molar-refractivity contribution in [2.45, 2.75) is 33.1 Å². The van der Waals surface area contributed by atoms with Crippen LogP contribution >= 0.6 is 15.9 Å². The summed E-state index contributed by atoms with van der Waals surface area (Å²) < 4.78 is 0.886. The van der Waals surface area contributed by atoms with Crippen LogP contribution in [0.3, 0.4) is 0 Å². The molecule has 1 N–H and O–H groups in total. The number of hydrazone groups is 1. The highest BCUT2D eigenvalue weighted by atomic mass is 79.9. The molecule has 0 saturated carbocycles. The summed E-state index contributed by atoms with van der Waals surface area (Å²) >= 11 is 3.33. The Bertz CT molecular complexity index is 416. The molecule has 4 heteroatoms. The maximum atomic E-state index is 11.7.